The number of rotatable bonds is 4. The smallest absolute Gasteiger partial charge is 0.375 e. The molecule has 0 aliphatic rings. The van der Waals surface area contributed by atoms with E-state index in [0.29, 0.717) is 0 Å². The quantitative estimate of drug-likeness (QED) is 0.576. The molecule has 16 heavy (non-hydrogen) atoms. The Bertz CT molecular complexity index is 394. The van der Waals surface area contributed by atoms with Crippen molar-refractivity contribution in [2.75, 3.05) is 0 Å². The van der Waals surface area contributed by atoms with Gasteiger partial charge in [-0.25, -0.2) is 4.79 Å². The fraction of sp³-hybridized carbons (Fsp3) is 0.385. The maximum atomic E-state index is 11.5. The van der Waals surface area contributed by atoms with Gasteiger partial charge < -0.3 is 4.74 Å². The minimum atomic E-state index is -0.753. The van der Waals surface area contributed by atoms with Crippen LogP contribution in [0.15, 0.2) is 24.3 Å². The van der Waals surface area contributed by atoms with Crippen LogP contribution in [0.25, 0.3) is 0 Å². The number of carbonyl (C=O) groups excluding carboxylic acids is 2. The van der Waals surface area contributed by atoms with Crippen LogP contribution < -0.4 is 0 Å². The maximum absolute atomic E-state index is 11.5. The van der Waals surface area contributed by atoms with E-state index in [0.717, 1.165) is 11.1 Å². The Hall–Kier alpha value is -1.64. The van der Waals surface area contributed by atoms with E-state index in [2.05, 4.69) is 0 Å². The molecular weight excluding hydrogens is 204 g/mol. The van der Waals surface area contributed by atoms with Gasteiger partial charge in [-0.2, -0.15) is 0 Å². The third-order valence-corrected chi connectivity index (χ3v) is 2.02. The molecule has 1 aromatic carbocycles. The van der Waals surface area contributed by atoms with Crippen molar-refractivity contribution in [2.24, 2.45) is 0 Å². The highest BCUT2D eigenvalue weighted by Gasteiger charge is 2.16. The van der Waals surface area contributed by atoms with Crippen LogP contribution in [0.3, 0.4) is 0 Å². The fourth-order valence-electron chi connectivity index (χ4n) is 1.36. The summed E-state index contributed by atoms with van der Waals surface area (Å²) < 4.78 is 4.83. The predicted molar refractivity (Wildman–Crippen MR) is 61.1 cm³/mol. The molecular formula is C13H16O3. The van der Waals surface area contributed by atoms with Crippen LogP contribution in [-0.4, -0.2) is 17.9 Å². The lowest BCUT2D eigenvalue weighted by Gasteiger charge is -2.06. The zero-order chi connectivity index (χ0) is 12.1. The Labute approximate surface area is 95.4 Å². The van der Waals surface area contributed by atoms with Gasteiger partial charge >= 0.3 is 5.97 Å². The first-order valence-corrected chi connectivity index (χ1v) is 5.28. The molecule has 0 fully saturated rings. The molecule has 0 heterocycles. The lowest BCUT2D eigenvalue weighted by molar-refractivity contribution is -0.156. The molecule has 0 saturated heterocycles. The van der Waals surface area contributed by atoms with Crippen molar-refractivity contribution in [1.29, 1.82) is 0 Å². The van der Waals surface area contributed by atoms with E-state index >= 15 is 0 Å². The summed E-state index contributed by atoms with van der Waals surface area (Å²) in [6.45, 7) is 5.39. The lowest BCUT2D eigenvalue weighted by Crippen LogP contribution is -2.22. The summed E-state index contributed by atoms with van der Waals surface area (Å²) in [5, 5.41) is 0. The zero-order valence-corrected chi connectivity index (χ0v) is 9.82. The lowest BCUT2D eigenvalue weighted by atomic mass is 10.1. The van der Waals surface area contributed by atoms with Crippen LogP contribution in [0.4, 0.5) is 0 Å². The number of ether oxygens (including phenoxy) is 1. The number of benzene rings is 1. The second kappa shape index (κ2) is 5.45. The maximum Gasteiger partial charge on any atom is 0.375 e. The summed E-state index contributed by atoms with van der Waals surface area (Å²) in [4.78, 5) is 22.8. The normalized spacial score (nSPS) is 10.2. The first kappa shape index (κ1) is 12.4. The van der Waals surface area contributed by atoms with Crippen molar-refractivity contribution in [3.8, 4) is 0 Å². The van der Waals surface area contributed by atoms with Crippen LogP contribution in [0, 0.1) is 6.92 Å². The molecule has 0 N–H and O–H groups in total. The molecule has 0 bridgehead atoms. The second-order valence-electron chi connectivity index (χ2n) is 4.04. The van der Waals surface area contributed by atoms with Crippen molar-refractivity contribution in [2.45, 2.75) is 33.3 Å². The SMILES string of the molecule is Cc1cccc(CC(=O)C(=O)OC(C)C)c1. The van der Waals surface area contributed by atoms with Crippen LogP contribution in [0.5, 0.6) is 0 Å². The van der Waals surface area contributed by atoms with Gasteiger partial charge in [-0.3, -0.25) is 4.79 Å². The monoisotopic (exact) mass is 220 g/mol. The highest BCUT2D eigenvalue weighted by Crippen LogP contribution is 2.06. The van der Waals surface area contributed by atoms with E-state index in [1.165, 1.54) is 0 Å². The number of hydrogen-bond donors (Lipinski definition) is 0. The first-order valence-electron chi connectivity index (χ1n) is 5.28. The molecule has 0 radical (unpaired) electrons. The molecule has 0 aliphatic heterocycles. The Morgan fingerprint density at radius 1 is 1.31 bits per heavy atom. The number of carbonyl (C=O) groups is 2. The zero-order valence-electron chi connectivity index (χ0n) is 9.82. The number of ketones is 1. The first-order chi connectivity index (χ1) is 7.49. The van der Waals surface area contributed by atoms with Crippen molar-refractivity contribution in [1.82, 2.24) is 0 Å². The summed E-state index contributed by atoms with van der Waals surface area (Å²) in [6.07, 6.45) is -0.151. The molecule has 0 aliphatic carbocycles. The Morgan fingerprint density at radius 2 is 2.00 bits per heavy atom. The standard InChI is InChI=1S/C13H16O3/c1-9(2)16-13(15)12(14)8-11-6-4-5-10(3)7-11/h4-7,9H,8H2,1-3H3. The minimum absolute atomic E-state index is 0.104. The minimum Gasteiger partial charge on any atom is -0.457 e. The molecule has 0 amide bonds. The Kier molecular flexibility index (Phi) is 4.23. The topological polar surface area (TPSA) is 43.4 Å². The highest BCUT2D eigenvalue weighted by atomic mass is 16.5. The van der Waals surface area contributed by atoms with E-state index in [4.69, 9.17) is 4.74 Å². The number of hydrogen-bond acceptors (Lipinski definition) is 3. The summed E-state index contributed by atoms with van der Waals surface area (Å²) in [5.41, 5.74) is 1.91. The van der Waals surface area contributed by atoms with Gasteiger partial charge in [-0.1, -0.05) is 29.8 Å². The van der Waals surface area contributed by atoms with Crippen molar-refractivity contribution >= 4 is 11.8 Å². The summed E-state index contributed by atoms with van der Waals surface area (Å²) >= 11 is 0. The number of Topliss-reactive ketones (excluding diaryl/α,β-unsaturated/α-hetero) is 1. The van der Waals surface area contributed by atoms with E-state index in [1.54, 1.807) is 13.8 Å². The molecule has 0 unspecified atom stereocenters. The van der Waals surface area contributed by atoms with Gasteiger partial charge in [0.15, 0.2) is 0 Å². The second-order valence-corrected chi connectivity index (χ2v) is 4.04. The van der Waals surface area contributed by atoms with E-state index in [9.17, 15) is 9.59 Å². The average molecular weight is 220 g/mol. The van der Waals surface area contributed by atoms with Crippen molar-refractivity contribution < 1.29 is 14.3 Å². The third-order valence-electron chi connectivity index (χ3n) is 2.02. The Balaban J connectivity index is 2.61. The summed E-state index contributed by atoms with van der Waals surface area (Å²) in [5.74, 6) is -1.25. The molecule has 1 rings (SSSR count). The van der Waals surface area contributed by atoms with Gasteiger partial charge in [-0.15, -0.1) is 0 Å². The van der Waals surface area contributed by atoms with Gasteiger partial charge in [0.25, 0.3) is 0 Å². The summed E-state index contributed by atoms with van der Waals surface area (Å²) in [7, 11) is 0. The average Bonchev–Trinajstić information content (AvgIpc) is 2.16. The molecule has 3 nitrogen and oxygen atoms in total. The molecule has 86 valence electrons. The van der Waals surface area contributed by atoms with Gasteiger partial charge in [0, 0.05) is 6.42 Å². The van der Waals surface area contributed by atoms with Crippen molar-refractivity contribution in [3.63, 3.8) is 0 Å². The summed E-state index contributed by atoms with van der Waals surface area (Å²) in [6, 6.07) is 7.53. The van der Waals surface area contributed by atoms with Crippen LogP contribution >= 0.6 is 0 Å². The van der Waals surface area contributed by atoms with Crippen LogP contribution in [0.2, 0.25) is 0 Å². The van der Waals surface area contributed by atoms with Crippen LogP contribution in [0.1, 0.15) is 25.0 Å². The van der Waals surface area contributed by atoms with Gasteiger partial charge in [0.05, 0.1) is 6.10 Å². The molecule has 1 aromatic rings. The van der Waals surface area contributed by atoms with Gasteiger partial charge in [0.2, 0.25) is 5.78 Å². The number of esters is 1. The highest BCUT2D eigenvalue weighted by molar-refractivity contribution is 6.34. The third kappa shape index (κ3) is 3.85. The van der Waals surface area contributed by atoms with E-state index in [-0.39, 0.29) is 12.5 Å². The fourth-order valence-corrected chi connectivity index (χ4v) is 1.36. The van der Waals surface area contributed by atoms with Crippen molar-refractivity contribution in [3.05, 3.63) is 35.4 Å². The van der Waals surface area contributed by atoms with Gasteiger partial charge in [0.1, 0.15) is 0 Å². The molecule has 0 atom stereocenters. The molecule has 0 saturated carbocycles. The predicted octanol–water partition coefficient (Wildman–Crippen LogP) is 2.06. The largest absolute Gasteiger partial charge is 0.457 e. The van der Waals surface area contributed by atoms with E-state index in [1.807, 2.05) is 31.2 Å². The molecule has 3 heteroatoms. The number of aryl methyl sites for hydroxylation is 1. The molecule has 0 aromatic heterocycles. The van der Waals surface area contributed by atoms with Gasteiger partial charge in [-0.05, 0) is 26.3 Å². The Morgan fingerprint density at radius 3 is 2.56 bits per heavy atom. The molecule has 0 spiro atoms. The van der Waals surface area contributed by atoms with Crippen LogP contribution in [-0.2, 0) is 20.7 Å². The van der Waals surface area contributed by atoms with E-state index < -0.39 is 11.8 Å².